The predicted molar refractivity (Wildman–Crippen MR) is 94.5 cm³/mol. The third kappa shape index (κ3) is 3.35. The maximum absolute atomic E-state index is 13.8. The lowest BCUT2D eigenvalue weighted by Crippen LogP contribution is -2.42. The van der Waals surface area contributed by atoms with Gasteiger partial charge in [-0.2, -0.15) is 5.10 Å². The SMILES string of the molecule is COC(=O)[C@@H]1C[C@@H](F)CN1C(=O)Cn1nc(C(C)=O)c2cc(Br)ccc21. The van der Waals surface area contributed by atoms with E-state index >= 15 is 0 Å². The Balaban J connectivity index is 1.92. The number of Topliss-reactive ketones (excluding diaryl/α,β-unsaturated/α-hetero) is 1. The predicted octanol–water partition coefficient (Wildman–Crippen LogP) is 2.11. The quantitative estimate of drug-likeness (QED) is 0.553. The summed E-state index contributed by atoms with van der Waals surface area (Å²) in [6.07, 6.45) is -1.36. The number of benzene rings is 1. The van der Waals surface area contributed by atoms with Gasteiger partial charge in [-0.15, -0.1) is 0 Å². The monoisotopic (exact) mass is 425 g/mol. The fourth-order valence-electron chi connectivity index (χ4n) is 3.17. The summed E-state index contributed by atoms with van der Waals surface area (Å²) in [7, 11) is 1.20. The van der Waals surface area contributed by atoms with E-state index in [2.05, 4.69) is 25.8 Å². The molecule has 1 aromatic heterocycles. The first-order valence-electron chi connectivity index (χ1n) is 8.00. The number of likely N-dealkylation sites (tertiary alicyclic amines) is 1. The fraction of sp³-hybridized carbons (Fsp3) is 0.412. The van der Waals surface area contributed by atoms with Crippen molar-refractivity contribution in [1.29, 1.82) is 0 Å². The highest BCUT2D eigenvalue weighted by Gasteiger charge is 2.40. The van der Waals surface area contributed by atoms with Gasteiger partial charge < -0.3 is 9.64 Å². The topological polar surface area (TPSA) is 81.5 Å². The number of hydrogen-bond acceptors (Lipinski definition) is 5. The Bertz CT molecular complexity index is 898. The molecule has 0 N–H and O–H groups in total. The number of ketones is 1. The molecule has 138 valence electrons. The third-order valence-electron chi connectivity index (χ3n) is 4.37. The second-order valence-corrected chi connectivity index (χ2v) is 7.06. The number of ether oxygens (including phenoxy) is 1. The lowest BCUT2D eigenvalue weighted by atomic mass is 10.2. The van der Waals surface area contributed by atoms with E-state index in [1.807, 2.05) is 0 Å². The zero-order chi connectivity index (χ0) is 19.0. The van der Waals surface area contributed by atoms with Crippen LogP contribution >= 0.6 is 15.9 Å². The molecule has 1 aliphatic heterocycles. The van der Waals surface area contributed by atoms with E-state index < -0.39 is 24.1 Å². The number of halogens is 2. The van der Waals surface area contributed by atoms with Crippen LogP contribution in [0.1, 0.15) is 23.8 Å². The Morgan fingerprint density at radius 1 is 1.38 bits per heavy atom. The van der Waals surface area contributed by atoms with Crippen LogP contribution in [0.5, 0.6) is 0 Å². The fourth-order valence-corrected chi connectivity index (χ4v) is 3.53. The molecule has 0 radical (unpaired) electrons. The number of rotatable bonds is 4. The summed E-state index contributed by atoms with van der Waals surface area (Å²) in [6.45, 7) is 1.03. The molecule has 9 heteroatoms. The Morgan fingerprint density at radius 2 is 2.12 bits per heavy atom. The zero-order valence-electron chi connectivity index (χ0n) is 14.2. The summed E-state index contributed by atoms with van der Waals surface area (Å²) in [4.78, 5) is 37.5. The molecule has 3 rings (SSSR count). The smallest absolute Gasteiger partial charge is 0.328 e. The maximum atomic E-state index is 13.8. The lowest BCUT2D eigenvalue weighted by molar-refractivity contribution is -0.151. The van der Waals surface area contributed by atoms with Gasteiger partial charge in [0.15, 0.2) is 5.78 Å². The van der Waals surface area contributed by atoms with Gasteiger partial charge in [0.05, 0.1) is 19.2 Å². The molecule has 0 saturated carbocycles. The minimum atomic E-state index is -1.28. The van der Waals surface area contributed by atoms with Crippen LogP contribution in [0.15, 0.2) is 22.7 Å². The first-order valence-corrected chi connectivity index (χ1v) is 8.79. The van der Waals surface area contributed by atoms with Crippen LogP contribution < -0.4 is 0 Å². The highest BCUT2D eigenvalue weighted by molar-refractivity contribution is 9.10. The van der Waals surface area contributed by atoms with Gasteiger partial charge >= 0.3 is 5.97 Å². The Morgan fingerprint density at radius 3 is 2.77 bits per heavy atom. The molecule has 0 aliphatic carbocycles. The van der Waals surface area contributed by atoms with Crippen molar-refractivity contribution < 1.29 is 23.5 Å². The minimum absolute atomic E-state index is 0.0795. The molecule has 2 atom stereocenters. The molecule has 0 unspecified atom stereocenters. The standard InChI is InChI=1S/C17H17BrFN3O4/c1-9(23)16-12-5-10(18)3-4-13(12)22(20-16)8-15(24)21-7-11(19)6-14(21)17(25)26-2/h3-5,11,14H,6-8H2,1-2H3/t11-,14+/m1/s1. The van der Waals surface area contributed by atoms with Crippen LogP contribution in [0, 0.1) is 0 Å². The summed E-state index contributed by atoms with van der Waals surface area (Å²) < 4.78 is 20.6. The van der Waals surface area contributed by atoms with E-state index in [1.54, 1.807) is 18.2 Å². The minimum Gasteiger partial charge on any atom is -0.467 e. The highest BCUT2D eigenvalue weighted by Crippen LogP contribution is 2.25. The van der Waals surface area contributed by atoms with Crippen molar-refractivity contribution in [1.82, 2.24) is 14.7 Å². The molecular formula is C17H17BrFN3O4. The maximum Gasteiger partial charge on any atom is 0.328 e. The second-order valence-electron chi connectivity index (χ2n) is 6.14. The Kier molecular flexibility index (Phi) is 5.08. The molecule has 2 heterocycles. The molecule has 1 aromatic carbocycles. The van der Waals surface area contributed by atoms with Gasteiger partial charge in [-0.3, -0.25) is 14.3 Å². The number of esters is 1. The molecule has 1 aliphatic rings. The molecule has 26 heavy (non-hydrogen) atoms. The molecule has 2 aromatic rings. The van der Waals surface area contributed by atoms with E-state index in [-0.39, 0.29) is 31.0 Å². The van der Waals surface area contributed by atoms with Gasteiger partial charge in [-0.25, -0.2) is 9.18 Å². The number of amides is 1. The molecule has 1 fully saturated rings. The number of hydrogen-bond donors (Lipinski definition) is 0. The molecule has 7 nitrogen and oxygen atoms in total. The lowest BCUT2D eigenvalue weighted by Gasteiger charge is -2.22. The van der Waals surface area contributed by atoms with Crippen molar-refractivity contribution in [3.63, 3.8) is 0 Å². The van der Waals surface area contributed by atoms with E-state index in [9.17, 15) is 18.8 Å². The summed E-state index contributed by atoms with van der Waals surface area (Å²) in [5.41, 5.74) is 0.862. The van der Waals surface area contributed by atoms with Gasteiger partial charge in [0.2, 0.25) is 5.91 Å². The summed E-state index contributed by atoms with van der Waals surface area (Å²) in [5.74, 6) is -1.32. The number of carbonyl (C=O) groups is 3. The third-order valence-corrected chi connectivity index (χ3v) is 4.87. The molecule has 0 spiro atoms. The molecule has 1 saturated heterocycles. The van der Waals surface area contributed by atoms with Gasteiger partial charge in [0, 0.05) is 23.2 Å². The van der Waals surface area contributed by atoms with Crippen LogP contribution in [0.25, 0.3) is 10.9 Å². The first kappa shape index (κ1) is 18.5. The number of aromatic nitrogens is 2. The Hall–Kier alpha value is -2.29. The zero-order valence-corrected chi connectivity index (χ0v) is 15.8. The van der Waals surface area contributed by atoms with Crippen LogP contribution in [0.2, 0.25) is 0 Å². The average Bonchev–Trinajstić information content (AvgIpc) is 3.15. The number of carbonyl (C=O) groups excluding carboxylic acids is 3. The van der Waals surface area contributed by atoms with Gasteiger partial charge in [-0.1, -0.05) is 15.9 Å². The summed E-state index contributed by atoms with van der Waals surface area (Å²) >= 11 is 3.35. The number of alkyl halides is 1. The normalized spacial score (nSPS) is 19.8. The number of methoxy groups -OCH3 is 1. The molecule has 0 bridgehead atoms. The van der Waals surface area contributed by atoms with E-state index in [1.165, 1.54) is 23.6 Å². The van der Waals surface area contributed by atoms with Gasteiger partial charge in [0.25, 0.3) is 0 Å². The first-order chi connectivity index (χ1) is 12.3. The van der Waals surface area contributed by atoms with Crippen LogP contribution in [-0.2, 0) is 20.9 Å². The number of nitrogens with zero attached hydrogens (tertiary/aromatic N) is 3. The molecule has 1 amide bonds. The summed E-state index contributed by atoms with van der Waals surface area (Å²) in [5, 5.41) is 4.86. The summed E-state index contributed by atoms with van der Waals surface area (Å²) in [6, 6.07) is 4.33. The van der Waals surface area contributed by atoms with E-state index in [0.717, 1.165) is 4.47 Å². The van der Waals surface area contributed by atoms with Crippen LogP contribution in [0.3, 0.4) is 0 Å². The Labute approximate surface area is 157 Å². The molecular weight excluding hydrogens is 409 g/mol. The van der Waals surface area contributed by atoms with Crippen molar-refractivity contribution in [2.75, 3.05) is 13.7 Å². The van der Waals surface area contributed by atoms with Gasteiger partial charge in [-0.05, 0) is 18.2 Å². The average molecular weight is 426 g/mol. The van der Waals surface area contributed by atoms with Crippen LogP contribution in [-0.4, -0.2) is 58.2 Å². The van der Waals surface area contributed by atoms with Crippen molar-refractivity contribution in [2.45, 2.75) is 32.1 Å². The highest BCUT2D eigenvalue weighted by atomic mass is 79.9. The largest absolute Gasteiger partial charge is 0.467 e. The van der Waals surface area contributed by atoms with Crippen molar-refractivity contribution in [2.24, 2.45) is 0 Å². The van der Waals surface area contributed by atoms with Crippen LogP contribution in [0.4, 0.5) is 4.39 Å². The van der Waals surface area contributed by atoms with Crippen molar-refractivity contribution in [3.8, 4) is 0 Å². The number of fused-ring (bicyclic) bond motifs is 1. The van der Waals surface area contributed by atoms with Gasteiger partial charge in [0.1, 0.15) is 24.5 Å². The second kappa shape index (κ2) is 7.14. The van der Waals surface area contributed by atoms with Crippen molar-refractivity contribution >= 4 is 44.5 Å². The van der Waals surface area contributed by atoms with E-state index in [0.29, 0.717) is 10.9 Å². The van der Waals surface area contributed by atoms with Crippen molar-refractivity contribution in [3.05, 3.63) is 28.4 Å². The van der Waals surface area contributed by atoms with E-state index in [4.69, 9.17) is 0 Å².